The Bertz CT molecular complexity index is 867. The van der Waals surface area contributed by atoms with E-state index in [0.717, 1.165) is 29.8 Å². The number of rotatable bonds is 2. The summed E-state index contributed by atoms with van der Waals surface area (Å²) >= 11 is 9.78. The maximum absolute atomic E-state index is 13.0. The summed E-state index contributed by atoms with van der Waals surface area (Å²) in [5.74, 6) is 0. The highest BCUT2D eigenvalue weighted by Crippen LogP contribution is 2.43. The fourth-order valence-corrected chi connectivity index (χ4v) is 4.05. The molecule has 0 saturated carbocycles. The van der Waals surface area contributed by atoms with E-state index in [1.165, 1.54) is 6.07 Å². The van der Waals surface area contributed by atoms with Crippen LogP contribution in [-0.2, 0) is 17.4 Å². The Morgan fingerprint density at radius 2 is 2.00 bits per heavy atom. The number of aromatic nitrogens is 1. The standard InChI is InChI=1S/C17H12BrClF3NO/c1-9-15(18)14-13(6-5-10(8-24)16(14)19)23(9)12-4-2-3-11(7-12)17(20,21)22/h2-4,7-8H,5-6H2,1H3. The normalized spacial score (nSPS) is 14.8. The molecule has 1 aliphatic rings. The summed E-state index contributed by atoms with van der Waals surface area (Å²) in [6, 6.07) is 5.17. The van der Waals surface area contributed by atoms with Gasteiger partial charge in [-0.25, -0.2) is 0 Å². The van der Waals surface area contributed by atoms with Crippen molar-refractivity contribution in [3.05, 3.63) is 56.8 Å². The maximum Gasteiger partial charge on any atom is 0.416 e. The predicted octanol–water partition coefficient (Wildman–Crippen LogP) is 5.66. The average Bonchev–Trinajstić information content (AvgIpc) is 2.79. The SMILES string of the molecule is Cc1c(Br)c2c(n1-c1cccc(C(F)(F)F)c1)CCC(C=O)=C2Cl. The van der Waals surface area contributed by atoms with Crippen LogP contribution < -0.4 is 0 Å². The van der Waals surface area contributed by atoms with Crippen LogP contribution in [0.1, 0.15) is 28.9 Å². The largest absolute Gasteiger partial charge is 0.416 e. The molecule has 126 valence electrons. The molecule has 3 rings (SSSR count). The van der Waals surface area contributed by atoms with E-state index >= 15 is 0 Å². The van der Waals surface area contributed by atoms with Gasteiger partial charge in [-0.05, 0) is 53.9 Å². The molecule has 24 heavy (non-hydrogen) atoms. The minimum Gasteiger partial charge on any atom is -0.316 e. The number of carbonyl (C=O) groups excluding carboxylic acids is 1. The van der Waals surface area contributed by atoms with E-state index in [2.05, 4.69) is 15.9 Å². The number of allylic oxidation sites excluding steroid dienone is 1. The van der Waals surface area contributed by atoms with Crippen LogP contribution in [0.3, 0.4) is 0 Å². The molecule has 0 N–H and O–H groups in total. The summed E-state index contributed by atoms with van der Waals surface area (Å²) < 4.78 is 41.5. The quantitative estimate of drug-likeness (QED) is 0.577. The zero-order valence-electron chi connectivity index (χ0n) is 12.5. The third-order valence-electron chi connectivity index (χ3n) is 4.14. The Hall–Kier alpha value is -1.53. The molecule has 0 fully saturated rings. The molecule has 2 aromatic rings. The highest BCUT2D eigenvalue weighted by Gasteiger charge is 2.32. The summed E-state index contributed by atoms with van der Waals surface area (Å²) in [7, 11) is 0. The van der Waals surface area contributed by atoms with Gasteiger partial charge in [-0.15, -0.1) is 0 Å². The minimum absolute atomic E-state index is 0.354. The number of halogens is 5. The van der Waals surface area contributed by atoms with Crippen LogP contribution in [0.2, 0.25) is 0 Å². The highest BCUT2D eigenvalue weighted by atomic mass is 79.9. The first-order valence-electron chi connectivity index (χ1n) is 7.17. The number of alkyl halides is 3. The van der Waals surface area contributed by atoms with Gasteiger partial charge in [-0.3, -0.25) is 4.79 Å². The van der Waals surface area contributed by atoms with Crippen molar-refractivity contribution in [2.24, 2.45) is 0 Å². The van der Waals surface area contributed by atoms with Gasteiger partial charge in [-0.1, -0.05) is 17.7 Å². The Balaban J connectivity index is 2.24. The van der Waals surface area contributed by atoms with E-state index in [9.17, 15) is 18.0 Å². The van der Waals surface area contributed by atoms with Gasteiger partial charge in [0.15, 0.2) is 0 Å². The lowest BCUT2D eigenvalue weighted by Crippen LogP contribution is -2.10. The second-order valence-corrected chi connectivity index (χ2v) is 6.73. The second-order valence-electron chi connectivity index (χ2n) is 5.56. The number of benzene rings is 1. The van der Waals surface area contributed by atoms with E-state index in [4.69, 9.17) is 11.6 Å². The molecular formula is C17H12BrClF3NO. The smallest absolute Gasteiger partial charge is 0.316 e. The predicted molar refractivity (Wildman–Crippen MR) is 90.4 cm³/mol. The fraction of sp³-hybridized carbons (Fsp3) is 0.235. The number of carbonyl (C=O) groups is 1. The molecule has 1 aliphatic carbocycles. The molecule has 0 atom stereocenters. The Morgan fingerprint density at radius 1 is 1.29 bits per heavy atom. The van der Waals surface area contributed by atoms with Crippen LogP contribution in [0.5, 0.6) is 0 Å². The lowest BCUT2D eigenvalue weighted by Gasteiger charge is -2.18. The summed E-state index contributed by atoms with van der Waals surface area (Å²) in [6.45, 7) is 1.80. The van der Waals surface area contributed by atoms with Crippen molar-refractivity contribution in [2.75, 3.05) is 0 Å². The van der Waals surface area contributed by atoms with Gasteiger partial charge in [0.05, 0.1) is 10.6 Å². The van der Waals surface area contributed by atoms with Gasteiger partial charge < -0.3 is 4.57 Å². The van der Waals surface area contributed by atoms with E-state index in [0.29, 0.717) is 39.2 Å². The number of fused-ring (bicyclic) bond motifs is 1. The van der Waals surface area contributed by atoms with Crippen LogP contribution in [0, 0.1) is 6.92 Å². The summed E-state index contributed by atoms with van der Waals surface area (Å²) in [4.78, 5) is 11.1. The summed E-state index contributed by atoms with van der Waals surface area (Å²) in [5.41, 5.74) is 2.44. The van der Waals surface area contributed by atoms with Crippen LogP contribution >= 0.6 is 27.5 Å². The molecule has 0 bridgehead atoms. The maximum atomic E-state index is 13.0. The number of aldehydes is 1. The average molecular weight is 419 g/mol. The van der Waals surface area contributed by atoms with E-state index in [1.807, 2.05) is 0 Å². The molecule has 0 radical (unpaired) electrons. The second kappa shape index (κ2) is 6.08. The molecule has 2 nitrogen and oxygen atoms in total. The van der Waals surface area contributed by atoms with Gasteiger partial charge in [0.2, 0.25) is 0 Å². The lowest BCUT2D eigenvalue weighted by molar-refractivity contribution is -0.137. The lowest BCUT2D eigenvalue weighted by atomic mass is 9.98. The Kier molecular flexibility index (Phi) is 4.38. The van der Waals surface area contributed by atoms with Gasteiger partial charge >= 0.3 is 6.18 Å². The molecule has 0 unspecified atom stereocenters. The van der Waals surface area contributed by atoms with Crippen molar-refractivity contribution in [3.63, 3.8) is 0 Å². The molecule has 1 aromatic heterocycles. The van der Waals surface area contributed by atoms with Crippen molar-refractivity contribution in [2.45, 2.75) is 25.9 Å². The molecular weight excluding hydrogens is 407 g/mol. The number of hydrogen-bond acceptors (Lipinski definition) is 1. The van der Waals surface area contributed by atoms with Crippen molar-refractivity contribution < 1.29 is 18.0 Å². The summed E-state index contributed by atoms with van der Waals surface area (Å²) in [5, 5.41) is 0.354. The minimum atomic E-state index is -4.41. The van der Waals surface area contributed by atoms with Gasteiger partial charge in [0.1, 0.15) is 6.29 Å². The van der Waals surface area contributed by atoms with Crippen LogP contribution in [0.15, 0.2) is 34.3 Å². The zero-order chi connectivity index (χ0) is 17.6. The van der Waals surface area contributed by atoms with E-state index in [-0.39, 0.29) is 0 Å². The van der Waals surface area contributed by atoms with Crippen LogP contribution in [0.4, 0.5) is 13.2 Å². The van der Waals surface area contributed by atoms with E-state index in [1.54, 1.807) is 17.6 Å². The van der Waals surface area contributed by atoms with Crippen LogP contribution in [0.25, 0.3) is 10.7 Å². The number of nitrogens with zero attached hydrogens (tertiary/aromatic N) is 1. The first kappa shape index (κ1) is 17.3. The molecule has 1 heterocycles. The summed E-state index contributed by atoms with van der Waals surface area (Å²) in [6.07, 6.45) is -2.68. The Labute approximate surface area is 150 Å². The molecule has 0 aliphatic heterocycles. The van der Waals surface area contributed by atoms with Crippen molar-refractivity contribution in [3.8, 4) is 5.69 Å². The molecule has 0 amide bonds. The molecule has 1 aromatic carbocycles. The Morgan fingerprint density at radius 3 is 2.62 bits per heavy atom. The molecule has 0 saturated heterocycles. The molecule has 7 heteroatoms. The third-order valence-corrected chi connectivity index (χ3v) is 5.54. The third kappa shape index (κ3) is 2.71. The van der Waals surface area contributed by atoms with Crippen molar-refractivity contribution in [1.82, 2.24) is 4.57 Å². The fourth-order valence-electron chi connectivity index (χ4n) is 2.98. The molecule has 0 spiro atoms. The van der Waals surface area contributed by atoms with Crippen molar-refractivity contribution >= 4 is 38.8 Å². The topological polar surface area (TPSA) is 22.0 Å². The number of hydrogen-bond donors (Lipinski definition) is 0. The van der Waals surface area contributed by atoms with Gasteiger partial charge in [-0.2, -0.15) is 13.2 Å². The first-order chi connectivity index (χ1) is 11.3. The van der Waals surface area contributed by atoms with E-state index < -0.39 is 11.7 Å². The van der Waals surface area contributed by atoms with Crippen molar-refractivity contribution in [1.29, 1.82) is 0 Å². The first-order valence-corrected chi connectivity index (χ1v) is 8.34. The van der Waals surface area contributed by atoms with Crippen LogP contribution in [-0.4, -0.2) is 10.9 Å². The van der Waals surface area contributed by atoms with Gasteiger partial charge in [0.25, 0.3) is 0 Å². The monoisotopic (exact) mass is 417 g/mol. The zero-order valence-corrected chi connectivity index (χ0v) is 14.9. The van der Waals surface area contributed by atoms with Gasteiger partial charge in [0, 0.05) is 32.7 Å². The highest BCUT2D eigenvalue weighted by molar-refractivity contribution is 9.10.